The Morgan fingerprint density at radius 2 is 1.83 bits per heavy atom. The van der Waals surface area contributed by atoms with Crippen molar-refractivity contribution in [3.05, 3.63) is 59.7 Å². The molecular formula is C19H23N3O. The number of para-hydroxylation sites is 1. The third-order valence-electron chi connectivity index (χ3n) is 4.49. The van der Waals surface area contributed by atoms with Gasteiger partial charge in [-0.05, 0) is 49.1 Å². The fraction of sp³-hybridized carbons (Fsp3) is 0.316. The lowest BCUT2D eigenvalue weighted by Crippen LogP contribution is -2.42. The molecule has 1 aliphatic carbocycles. The molecule has 23 heavy (non-hydrogen) atoms. The van der Waals surface area contributed by atoms with Gasteiger partial charge in [0, 0.05) is 25.0 Å². The number of aryl methyl sites for hydroxylation is 1. The van der Waals surface area contributed by atoms with Gasteiger partial charge in [-0.1, -0.05) is 30.3 Å². The van der Waals surface area contributed by atoms with Crippen molar-refractivity contribution in [2.24, 2.45) is 5.73 Å². The Morgan fingerprint density at radius 3 is 2.43 bits per heavy atom. The van der Waals surface area contributed by atoms with Gasteiger partial charge < -0.3 is 16.0 Å². The highest BCUT2D eigenvalue weighted by molar-refractivity contribution is 5.88. The maximum Gasteiger partial charge on any atom is 0.240 e. The average molecular weight is 309 g/mol. The highest BCUT2D eigenvalue weighted by Gasteiger charge is 2.45. The van der Waals surface area contributed by atoms with Crippen LogP contribution in [0, 0.1) is 6.92 Å². The zero-order valence-corrected chi connectivity index (χ0v) is 13.7. The highest BCUT2D eigenvalue weighted by atomic mass is 16.2. The standard InChI is InChI=1S/C19H23N3O/c1-14-5-3-4-6-17(14)22(2)16-9-7-15(8-10-16)13-21-18(23)19(20)11-12-19/h3-10H,11-13,20H2,1-2H3,(H,21,23). The van der Waals surface area contributed by atoms with E-state index < -0.39 is 5.54 Å². The number of nitrogens with two attached hydrogens (primary N) is 1. The van der Waals surface area contributed by atoms with Crippen molar-refractivity contribution in [2.75, 3.05) is 11.9 Å². The number of rotatable bonds is 5. The summed E-state index contributed by atoms with van der Waals surface area (Å²) in [6.07, 6.45) is 1.58. The summed E-state index contributed by atoms with van der Waals surface area (Å²) in [5.41, 5.74) is 9.89. The summed E-state index contributed by atoms with van der Waals surface area (Å²) in [5.74, 6) is -0.0430. The molecule has 3 N–H and O–H groups in total. The van der Waals surface area contributed by atoms with E-state index in [9.17, 15) is 4.79 Å². The van der Waals surface area contributed by atoms with Gasteiger partial charge in [0.2, 0.25) is 5.91 Å². The largest absolute Gasteiger partial charge is 0.350 e. The third kappa shape index (κ3) is 3.37. The van der Waals surface area contributed by atoms with E-state index in [1.165, 1.54) is 11.3 Å². The van der Waals surface area contributed by atoms with Gasteiger partial charge in [-0.3, -0.25) is 4.79 Å². The zero-order chi connectivity index (χ0) is 16.4. The summed E-state index contributed by atoms with van der Waals surface area (Å²) in [6, 6.07) is 16.5. The first-order chi connectivity index (χ1) is 11.0. The van der Waals surface area contributed by atoms with E-state index >= 15 is 0 Å². The molecule has 0 aliphatic heterocycles. The van der Waals surface area contributed by atoms with Crippen LogP contribution in [-0.2, 0) is 11.3 Å². The highest BCUT2D eigenvalue weighted by Crippen LogP contribution is 2.32. The fourth-order valence-electron chi connectivity index (χ4n) is 2.64. The van der Waals surface area contributed by atoms with E-state index in [4.69, 9.17) is 5.73 Å². The van der Waals surface area contributed by atoms with Crippen molar-refractivity contribution in [3.8, 4) is 0 Å². The Bertz CT molecular complexity index is 705. The molecule has 4 heteroatoms. The van der Waals surface area contributed by atoms with Crippen LogP contribution in [0.2, 0.25) is 0 Å². The molecule has 0 aromatic heterocycles. The number of anilines is 2. The molecule has 0 spiro atoms. The molecule has 2 aromatic rings. The Labute approximate surface area is 137 Å². The summed E-state index contributed by atoms with van der Waals surface area (Å²) in [5, 5.41) is 2.91. The lowest BCUT2D eigenvalue weighted by Gasteiger charge is -2.22. The van der Waals surface area contributed by atoms with Crippen LogP contribution in [0.15, 0.2) is 48.5 Å². The number of amides is 1. The average Bonchev–Trinajstić information content (AvgIpc) is 3.32. The minimum atomic E-state index is -0.606. The molecule has 3 rings (SSSR count). The van der Waals surface area contributed by atoms with Gasteiger partial charge in [0.05, 0.1) is 5.54 Å². The molecule has 1 saturated carbocycles. The normalized spacial score (nSPS) is 15.1. The monoisotopic (exact) mass is 309 g/mol. The summed E-state index contributed by atoms with van der Waals surface area (Å²) in [6.45, 7) is 2.63. The van der Waals surface area contributed by atoms with E-state index in [2.05, 4.69) is 48.5 Å². The third-order valence-corrected chi connectivity index (χ3v) is 4.49. The number of hydrogen-bond donors (Lipinski definition) is 2. The summed E-state index contributed by atoms with van der Waals surface area (Å²) in [4.78, 5) is 14.0. The predicted molar refractivity (Wildman–Crippen MR) is 93.7 cm³/mol. The second kappa shape index (κ2) is 6.05. The van der Waals surface area contributed by atoms with E-state index in [-0.39, 0.29) is 5.91 Å². The molecule has 0 heterocycles. The lowest BCUT2D eigenvalue weighted by molar-refractivity contribution is -0.123. The molecule has 120 valence electrons. The van der Waals surface area contributed by atoms with Crippen LogP contribution < -0.4 is 16.0 Å². The maximum atomic E-state index is 11.9. The van der Waals surface area contributed by atoms with E-state index in [1.54, 1.807) is 0 Å². The second-order valence-electron chi connectivity index (χ2n) is 6.35. The number of benzene rings is 2. The lowest BCUT2D eigenvalue weighted by atomic mass is 10.1. The van der Waals surface area contributed by atoms with E-state index in [0.29, 0.717) is 6.54 Å². The van der Waals surface area contributed by atoms with Crippen LogP contribution in [0.1, 0.15) is 24.0 Å². The van der Waals surface area contributed by atoms with Crippen LogP contribution in [0.4, 0.5) is 11.4 Å². The molecule has 1 aliphatic rings. The molecule has 1 fully saturated rings. The molecule has 0 saturated heterocycles. The molecular weight excluding hydrogens is 286 g/mol. The Hall–Kier alpha value is -2.33. The van der Waals surface area contributed by atoms with Crippen molar-refractivity contribution in [2.45, 2.75) is 31.8 Å². The van der Waals surface area contributed by atoms with Gasteiger partial charge in [-0.2, -0.15) is 0 Å². The molecule has 1 amide bonds. The van der Waals surface area contributed by atoms with E-state index in [1.807, 2.05) is 24.3 Å². The SMILES string of the molecule is Cc1ccccc1N(C)c1ccc(CNC(=O)C2(N)CC2)cc1. The van der Waals surface area contributed by atoms with Crippen molar-refractivity contribution in [1.29, 1.82) is 0 Å². The maximum absolute atomic E-state index is 11.9. The van der Waals surface area contributed by atoms with Crippen molar-refractivity contribution in [3.63, 3.8) is 0 Å². The first kappa shape index (κ1) is 15.6. The zero-order valence-electron chi connectivity index (χ0n) is 13.7. The fourth-order valence-corrected chi connectivity index (χ4v) is 2.64. The first-order valence-electron chi connectivity index (χ1n) is 7.95. The minimum absolute atomic E-state index is 0.0430. The number of hydrogen-bond acceptors (Lipinski definition) is 3. The second-order valence-corrected chi connectivity index (χ2v) is 6.35. The topological polar surface area (TPSA) is 58.4 Å². The van der Waals surface area contributed by atoms with Crippen LogP contribution in [0.5, 0.6) is 0 Å². The van der Waals surface area contributed by atoms with Gasteiger partial charge in [0.25, 0.3) is 0 Å². The van der Waals surface area contributed by atoms with Crippen molar-refractivity contribution >= 4 is 17.3 Å². The summed E-state index contributed by atoms with van der Waals surface area (Å²) >= 11 is 0. The number of nitrogens with one attached hydrogen (secondary N) is 1. The van der Waals surface area contributed by atoms with Gasteiger partial charge in [-0.15, -0.1) is 0 Å². The van der Waals surface area contributed by atoms with Gasteiger partial charge >= 0.3 is 0 Å². The number of nitrogens with zero attached hydrogens (tertiary/aromatic N) is 1. The van der Waals surface area contributed by atoms with Gasteiger partial charge in [0.1, 0.15) is 0 Å². The Kier molecular flexibility index (Phi) is 4.09. The van der Waals surface area contributed by atoms with Crippen LogP contribution >= 0.6 is 0 Å². The Balaban J connectivity index is 1.65. The predicted octanol–water partition coefficient (Wildman–Crippen LogP) is 2.87. The van der Waals surface area contributed by atoms with Crippen LogP contribution in [0.3, 0.4) is 0 Å². The smallest absolute Gasteiger partial charge is 0.240 e. The summed E-state index contributed by atoms with van der Waals surface area (Å²) in [7, 11) is 2.06. The molecule has 0 radical (unpaired) electrons. The quantitative estimate of drug-likeness (QED) is 0.893. The van der Waals surface area contributed by atoms with Gasteiger partial charge in [0.15, 0.2) is 0 Å². The molecule has 4 nitrogen and oxygen atoms in total. The molecule has 2 aromatic carbocycles. The van der Waals surface area contributed by atoms with Crippen LogP contribution in [0.25, 0.3) is 0 Å². The Morgan fingerprint density at radius 1 is 1.17 bits per heavy atom. The first-order valence-corrected chi connectivity index (χ1v) is 7.95. The van der Waals surface area contributed by atoms with E-state index in [0.717, 1.165) is 24.1 Å². The van der Waals surface area contributed by atoms with Crippen molar-refractivity contribution in [1.82, 2.24) is 5.32 Å². The number of carbonyl (C=O) groups excluding carboxylic acids is 1. The molecule has 0 bridgehead atoms. The molecule has 0 unspecified atom stereocenters. The minimum Gasteiger partial charge on any atom is -0.350 e. The van der Waals surface area contributed by atoms with Crippen LogP contribution in [-0.4, -0.2) is 18.5 Å². The van der Waals surface area contributed by atoms with Gasteiger partial charge in [-0.25, -0.2) is 0 Å². The number of carbonyl (C=O) groups is 1. The molecule has 0 atom stereocenters. The van der Waals surface area contributed by atoms with Crippen molar-refractivity contribution < 1.29 is 4.79 Å². The summed E-state index contributed by atoms with van der Waals surface area (Å²) < 4.78 is 0.